The largest absolute Gasteiger partial charge is 0.398 e. The van der Waals surface area contributed by atoms with Crippen molar-refractivity contribution in [2.75, 3.05) is 30.7 Å². The minimum absolute atomic E-state index is 0.000352. The van der Waals surface area contributed by atoms with Gasteiger partial charge in [-0.1, -0.05) is 39.8 Å². The van der Waals surface area contributed by atoms with Crippen LogP contribution in [0.3, 0.4) is 0 Å². The number of rotatable bonds is 22. The highest BCUT2D eigenvalue weighted by atomic mass is 16.6. The Labute approximate surface area is 327 Å². The number of para-hydroxylation sites is 1. The maximum absolute atomic E-state index is 13.5. The average molecular weight is 800 g/mol. The molecule has 22 heteroatoms. The number of nitrogen functional groups attached to an aromatic ring is 1. The van der Waals surface area contributed by atoms with E-state index in [2.05, 4.69) is 37.2 Å². The molecule has 2 aromatic rings. The molecule has 0 heterocycles. The highest BCUT2D eigenvalue weighted by Gasteiger charge is 2.33. The second-order valence-electron chi connectivity index (χ2n) is 13.5. The quantitative estimate of drug-likeness (QED) is 0.0317. The number of primary amides is 1. The Morgan fingerprint density at radius 2 is 1.32 bits per heavy atom. The summed E-state index contributed by atoms with van der Waals surface area (Å²) in [4.78, 5) is 110. The molecule has 0 radical (unpaired) electrons. The molecule has 0 aliphatic rings. The Morgan fingerprint density at radius 3 is 1.88 bits per heavy atom. The molecule has 7 amide bonds. The van der Waals surface area contributed by atoms with E-state index in [4.69, 9.17) is 11.5 Å². The molecule has 2 rings (SSSR count). The summed E-state index contributed by atoms with van der Waals surface area (Å²) in [5.41, 5.74) is 10.4. The van der Waals surface area contributed by atoms with Gasteiger partial charge in [0.1, 0.15) is 29.9 Å². The van der Waals surface area contributed by atoms with Crippen LogP contribution in [0.5, 0.6) is 0 Å². The van der Waals surface area contributed by atoms with Gasteiger partial charge in [-0.25, -0.2) is 0 Å². The van der Waals surface area contributed by atoms with Crippen molar-refractivity contribution in [3.63, 3.8) is 0 Å². The minimum atomic E-state index is -1.28. The zero-order valence-corrected chi connectivity index (χ0v) is 32.1. The molecular weight excluding hydrogens is 750 g/mol. The Kier molecular flexibility index (Phi) is 17.8. The molecule has 0 bridgehead atoms. The van der Waals surface area contributed by atoms with E-state index >= 15 is 0 Å². The van der Waals surface area contributed by atoms with E-state index in [0.717, 1.165) is 12.1 Å². The van der Waals surface area contributed by atoms with E-state index in [1.807, 2.05) is 0 Å². The molecule has 0 aliphatic heterocycles. The maximum Gasteiger partial charge on any atom is 0.299 e. The second kappa shape index (κ2) is 21.9. The SMILES string of the molecule is CC(C)[C@H](NC(=O)[C@H](CCC(N)=O)NC(=O)c1ccccc1N)C(=O)N[C@H](C(=O)N[C@@H](C)C(=O)NCC(=O)NCCNc1ccc([N+](=O)[O-])cc1[N+](=O)[O-])C(C)C. The fourth-order valence-electron chi connectivity index (χ4n) is 5.15. The summed E-state index contributed by atoms with van der Waals surface area (Å²) >= 11 is 0. The van der Waals surface area contributed by atoms with Crippen molar-refractivity contribution in [3.05, 3.63) is 68.3 Å². The number of nitrogens with two attached hydrogens (primary N) is 2. The van der Waals surface area contributed by atoms with Gasteiger partial charge in [-0.3, -0.25) is 53.8 Å². The fourth-order valence-corrected chi connectivity index (χ4v) is 5.15. The molecule has 0 aromatic heterocycles. The number of hydrogen-bond donors (Lipinski definition) is 9. The fraction of sp³-hybridized carbons (Fsp3) is 0.457. The number of amides is 7. The first-order chi connectivity index (χ1) is 26.7. The van der Waals surface area contributed by atoms with Crippen molar-refractivity contribution in [2.24, 2.45) is 17.6 Å². The Morgan fingerprint density at radius 1 is 0.719 bits per heavy atom. The molecule has 0 spiro atoms. The normalized spacial score (nSPS) is 12.9. The third kappa shape index (κ3) is 14.7. The van der Waals surface area contributed by atoms with Crippen LogP contribution in [0.1, 0.15) is 57.8 Å². The summed E-state index contributed by atoms with van der Waals surface area (Å²) in [7, 11) is 0. The second-order valence-corrected chi connectivity index (χ2v) is 13.5. The van der Waals surface area contributed by atoms with Crippen LogP contribution in [0.25, 0.3) is 0 Å². The molecule has 11 N–H and O–H groups in total. The molecule has 4 atom stereocenters. The van der Waals surface area contributed by atoms with Gasteiger partial charge in [0.25, 0.3) is 17.3 Å². The van der Waals surface area contributed by atoms with Gasteiger partial charge < -0.3 is 48.7 Å². The van der Waals surface area contributed by atoms with Gasteiger partial charge in [0.05, 0.1) is 28.0 Å². The highest BCUT2D eigenvalue weighted by molar-refractivity contribution is 6.02. The van der Waals surface area contributed by atoms with Gasteiger partial charge in [0, 0.05) is 31.3 Å². The van der Waals surface area contributed by atoms with Gasteiger partial charge in [0.2, 0.25) is 35.4 Å². The molecule has 0 unspecified atom stereocenters. The third-order valence-corrected chi connectivity index (χ3v) is 8.33. The van der Waals surface area contributed by atoms with E-state index < -0.39 is 105 Å². The highest BCUT2D eigenvalue weighted by Crippen LogP contribution is 2.28. The van der Waals surface area contributed by atoms with Gasteiger partial charge in [0.15, 0.2) is 0 Å². The first-order valence-corrected chi connectivity index (χ1v) is 17.8. The van der Waals surface area contributed by atoms with Crippen LogP contribution in [0.4, 0.5) is 22.7 Å². The monoisotopic (exact) mass is 799 g/mol. The topological polar surface area (TPSA) is 342 Å². The lowest BCUT2D eigenvalue weighted by molar-refractivity contribution is -0.393. The van der Waals surface area contributed by atoms with Gasteiger partial charge >= 0.3 is 0 Å². The van der Waals surface area contributed by atoms with Crippen molar-refractivity contribution in [1.29, 1.82) is 0 Å². The van der Waals surface area contributed by atoms with Crippen LogP contribution in [0, 0.1) is 32.1 Å². The number of nitro groups is 2. The van der Waals surface area contributed by atoms with E-state index in [0.29, 0.717) is 0 Å². The number of anilines is 2. The van der Waals surface area contributed by atoms with Crippen LogP contribution < -0.4 is 48.7 Å². The number of non-ortho nitro benzene ring substituents is 1. The number of nitro benzene ring substituents is 2. The number of benzene rings is 2. The van der Waals surface area contributed by atoms with E-state index in [-0.39, 0.29) is 42.9 Å². The van der Waals surface area contributed by atoms with Crippen LogP contribution in [0.2, 0.25) is 0 Å². The molecule has 310 valence electrons. The van der Waals surface area contributed by atoms with E-state index in [1.54, 1.807) is 39.8 Å². The number of carbonyl (C=O) groups excluding carboxylic acids is 7. The average Bonchev–Trinajstić information content (AvgIpc) is 3.14. The molecular formula is C35H49N11O11. The first-order valence-electron chi connectivity index (χ1n) is 17.8. The number of hydrogen-bond acceptors (Lipinski definition) is 13. The maximum atomic E-state index is 13.5. The summed E-state index contributed by atoms with van der Waals surface area (Å²) in [5.74, 6) is -6.08. The number of nitrogens with one attached hydrogen (secondary N) is 7. The standard InChI is InChI=1S/C35H49N11O11/c1-18(2)29(44-35(53)30(19(3)4)43-33(51)25(12-13-27(37)47)42-32(50)22-8-6-7-9-23(22)36)34(52)41-20(5)31(49)40-17-28(48)39-15-14-38-24-11-10-21(45(54)55)16-26(24)46(56)57/h6-11,16,18-20,25,29-30,38H,12-15,17,36H2,1-5H3,(H2,37,47)(H,39,48)(H,40,49)(H,41,52)(H,42,50)(H,43,51)(H,44,53)/t20-,25-,29-,30-/m0/s1. The lowest BCUT2D eigenvalue weighted by atomic mass is 9.98. The molecule has 0 saturated carbocycles. The summed E-state index contributed by atoms with van der Waals surface area (Å²) in [6, 6.07) is 4.37. The molecule has 22 nitrogen and oxygen atoms in total. The summed E-state index contributed by atoms with van der Waals surface area (Å²) in [5, 5.41) is 40.0. The van der Waals surface area contributed by atoms with Crippen molar-refractivity contribution >= 4 is 64.1 Å². The van der Waals surface area contributed by atoms with Crippen LogP contribution in [0.15, 0.2) is 42.5 Å². The van der Waals surface area contributed by atoms with Crippen LogP contribution in [-0.4, -0.2) is 95.0 Å². The number of nitrogens with zero attached hydrogens (tertiary/aromatic N) is 2. The lowest BCUT2D eigenvalue weighted by Gasteiger charge is -2.29. The van der Waals surface area contributed by atoms with Gasteiger partial charge in [-0.2, -0.15) is 0 Å². The van der Waals surface area contributed by atoms with Gasteiger partial charge in [-0.15, -0.1) is 0 Å². The molecule has 2 aromatic carbocycles. The Bertz CT molecular complexity index is 1840. The van der Waals surface area contributed by atoms with Crippen molar-refractivity contribution < 1.29 is 43.4 Å². The summed E-state index contributed by atoms with van der Waals surface area (Å²) < 4.78 is 0. The minimum Gasteiger partial charge on any atom is -0.398 e. The smallest absolute Gasteiger partial charge is 0.299 e. The summed E-state index contributed by atoms with van der Waals surface area (Å²) in [6.07, 6.45) is -0.440. The third-order valence-electron chi connectivity index (χ3n) is 8.33. The van der Waals surface area contributed by atoms with E-state index in [9.17, 15) is 53.8 Å². The molecule has 0 saturated heterocycles. The molecule has 0 fully saturated rings. The Hall–Kier alpha value is -6.87. The first kappa shape index (κ1) is 46.3. The van der Waals surface area contributed by atoms with Crippen molar-refractivity contribution in [1.82, 2.24) is 31.9 Å². The predicted molar refractivity (Wildman–Crippen MR) is 206 cm³/mol. The zero-order chi connectivity index (χ0) is 43.0. The molecule has 57 heavy (non-hydrogen) atoms. The predicted octanol–water partition coefficient (Wildman–Crippen LogP) is -0.420. The van der Waals surface area contributed by atoms with E-state index in [1.165, 1.54) is 25.1 Å². The van der Waals surface area contributed by atoms with Crippen LogP contribution >= 0.6 is 0 Å². The number of carbonyl (C=O) groups is 7. The Balaban J connectivity index is 1.96. The molecule has 0 aliphatic carbocycles. The van der Waals surface area contributed by atoms with Gasteiger partial charge in [-0.05, 0) is 43.4 Å². The van der Waals surface area contributed by atoms with Crippen molar-refractivity contribution in [3.8, 4) is 0 Å². The van der Waals surface area contributed by atoms with Crippen molar-refractivity contribution in [2.45, 2.75) is 71.6 Å². The van der Waals surface area contributed by atoms with Crippen LogP contribution in [-0.2, 0) is 28.8 Å². The zero-order valence-electron chi connectivity index (χ0n) is 32.1. The summed E-state index contributed by atoms with van der Waals surface area (Å²) in [6.45, 7) is 7.40. The lowest BCUT2D eigenvalue weighted by Crippen LogP contribution is -2.60.